The molecule has 9 heteroatoms. The average Bonchev–Trinajstić information content (AvgIpc) is 3.21. The largest absolute Gasteiger partial charge is 0.459 e. The third kappa shape index (κ3) is 9.19. The highest BCUT2D eigenvalue weighted by Gasteiger charge is 2.30. The Bertz CT molecular complexity index is 676. The maximum atomic E-state index is 12.3. The number of guanidine groups is 1. The van der Waals surface area contributed by atoms with E-state index in [2.05, 4.69) is 26.3 Å². The van der Waals surface area contributed by atoms with Crippen molar-refractivity contribution in [2.24, 2.45) is 4.99 Å². The second-order valence-electron chi connectivity index (χ2n) is 7.97. The summed E-state index contributed by atoms with van der Waals surface area (Å²) >= 11 is 0. The summed E-state index contributed by atoms with van der Waals surface area (Å²) in [7, 11) is 0. The number of nitrogens with one attached hydrogen (secondary N) is 4. The number of hydrogen-bond donors (Lipinski definition) is 4. The molecule has 0 aliphatic rings. The molecule has 0 radical (unpaired) electrons. The van der Waals surface area contributed by atoms with Gasteiger partial charge in [0, 0.05) is 19.6 Å². The Balaban J connectivity index is 2.63. The molecule has 30 heavy (non-hydrogen) atoms. The molecule has 0 aromatic carbocycles. The third-order valence-electron chi connectivity index (χ3n) is 4.45. The van der Waals surface area contributed by atoms with Gasteiger partial charge in [-0.2, -0.15) is 0 Å². The van der Waals surface area contributed by atoms with E-state index >= 15 is 0 Å². The number of nitrogens with zero attached hydrogens (tertiary/aromatic N) is 1. The van der Waals surface area contributed by atoms with Gasteiger partial charge in [0.2, 0.25) is 0 Å². The highest BCUT2D eigenvalue weighted by atomic mass is 16.6. The fourth-order valence-corrected chi connectivity index (χ4v) is 2.63. The van der Waals surface area contributed by atoms with Crippen LogP contribution in [0.15, 0.2) is 27.8 Å². The van der Waals surface area contributed by atoms with E-state index in [1.807, 2.05) is 41.5 Å². The molecule has 0 unspecified atom stereocenters. The predicted molar refractivity (Wildman–Crippen MR) is 118 cm³/mol. The van der Waals surface area contributed by atoms with E-state index < -0.39 is 17.2 Å². The van der Waals surface area contributed by atoms with Gasteiger partial charge in [-0.1, -0.05) is 13.8 Å². The Morgan fingerprint density at radius 3 is 2.27 bits per heavy atom. The topological polar surface area (TPSA) is 117 Å². The first-order valence-corrected chi connectivity index (χ1v) is 10.5. The molecule has 1 aromatic heterocycles. The molecule has 0 aliphatic heterocycles. The van der Waals surface area contributed by atoms with Gasteiger partial charge in [0.15, 0.2) is 11.7 Å². The Labute approximate surface area is 179 Å². The summed E-state index contributed by atoms with van der Waals surface area (Å²) in [6.45, 7) is 13.5. The molecule has 1 rings (SSSR count). The lowest BCUT2D eigenvalue weighted by molar-refractivity contribution is 0.0451. The monoisotopic (exact) mass is 423 g/mol. The highest BCUT2D eigenvalue weighted by Crippen LogP contribution is 2.17. The molecule has 0 spiro atoms. The van der Waals surface area contributed by atoms with Crippen LogP contribution in [0.2, 0.25) is 0 Å². The zero-order valence-electron chi connectivity index (χ0n) is 19.1. The standard InChI is InChI=1S/C21H37N5O4/c1-7-21(8-2,26-19(28)30-20(4,5)6)15-25-18(22-9-3)24-13-12-23-17(27)16-11-10-14-29-16/h10-11,14H,7-9,12-13,15H2,1-6H3,(H,23,27)(H,26,28)(H2,22,24,25). The van der Waals surface area contributed by atoms with Crippen molar-refractivity contribution >= 4 is 18.0 Å². The van der Waals surface area contributed by atoms with Crippen LogP contribution in [0.4, 0.5) is 4.79 Å². The predicted octanol–water partition coefficient (Wildman–Crippen LogP) is 2.65. The smallest absolute Gasteiger partial charge is 0.408 e. The van der Waals surface area contributed by atoms with E-state index in [-0.39, 0.29) is 11.7 Å². The number of rotatable bonds is 10. The van der Waals surface area contributed by atoms with Gasteiger partial charge >= 0.3 is 6.09 Å². The summed E-state index contributed by atoms with van der Waals surface area (Å²) in [4.78, 5) is 28.8. The van der Waals surface area contributed by atoms with Crippen LogP contribution >= 0.6 is 0 Å². The number of ether oxygens (including phenoxy) is 1. The van der Waals surface area contributed by atoms with Crippen molar-refractivity contribution < 1.29 is 18.7 Å². The van der Waals surface area contributed by atoms with Gasteiger partial charge < -0.3 is 30.4 Å². The Morgan fingerprint density at radius 2 is 1.73 bits per heavy atom. The van der Waals surface area contributed by atoms with Crippen LogP contribution in [0.1, 0.15) is 64.9 Å². The number of carbonyl (C=O) groups is 2. The zero-order chi connectivity index (χ0) is 22.6. The van der Waals surface area contributed by atoms with E-state index in [9.17, 15) is 9.59 Å². The normalized spacial score (nSPS) is 12.3. The molecule has 0 aliphatic carbocycles. The van der Waals surface area contributed by atoms with Crippen molar-refractivity contribution in [1.29, 1.82) is 0 Å². The van der Waals surface area contributed by atoms with Gasteiger partial charge in [-0.05, 0) is 52.7 Å². The van der Waals surface area contributed by atoms with E-state index in [1.165, 1.54) is 6.26 Å². The molecule has 170 valence electrons. The first-order valence-electron chi connectivity index (χ1n) is 10.5. The number of amides is 2. The first-order chi connectivity index (χ1) is 14.1. The molecule has 0 saturated heterocycles. The quantitative estimate of drug-likeness (QED) is 0.261. The van der Waals surface area contributed by atoms with Crippen molar-refractivity contribution in [2.45, 2.75) is 65.5 Å². The minimum atomic E-state index is -0.558. The maximum Gasteiger partial charge on any atom is 0.408 e. The third-order valence-corrected chi connectivity index (χ3v) is 4.45. The SMILES string of the molecule is CCNC(=NCC(CC)(CC)NC(=O)OC(C)(C)C)NCCNC(=O)c1ccco1. The summed E-state index contributed by atoms with van der Waals surface area (Å²) in [6, 6.07) is 3.28. The molecule has 2 amide bonds. The second-order valence-corrected chi connectivity index (χ2v) is 7.97. The molecule has 0 atom stereocenters. The van der Waals surface area contributed by atoms with Crippen molar-refractivity contribution in [1.82, 2.24) is 21.3 Å². The molecule has 0 saturated carbocycles. The van der Waals surface area contributed by atoms with E-state index in [0.717, 1.165) is 0 Å². The van der Waals surface area contributed by atoms with Crippen LogP contribution in [0, 0.1) is 0 Å². The van der Waals surface area contributed by atoms with Crippen LogP contribution in [-0.4, -0.2) is 55.3 Å². The first kappa shape index (κ1) is 25.3. The van der Waals surface area contributed by atoms with E-state index in [4.69, 9.17) is 9.15 Å². The average molecular weight is 424 g/mol. The lowest BCUT2D eigenvalue weighted by Gasteiger charge is -2.32. The molecule has 1 aromatic rings. The Hall–Kier alpha value is -2.71. The molecular formula is C21H37N5O4. The van der Waals surface area contributed by atoms with Gasteiger partial charge in [-0.25, -0.2) is 4.79 Å². The van der Waals surface area contributed by atoms with Crippen LogP contribution < -0.4 is 21.3 Å². The zero-order valence-corrected chi connectivity index (χ0v) is 19.1. The van der Waals surface area contributed by atoms with Crippen LogP contribution in [0.25, 0.3) is 0 Å². The highest BCUT2D eigenvalue weighted by molar-refractivity contribution is 5.91. The fourth-order valence-electron chi connectivity index (χ4n) is 2.63. The van der Waals surface area contributed by atoms with Crippen molar-refractivity contribution in [2.75, 3.05) is 26.2 Å². The summed E-state index contributed by atoms with van der Waals surface area (Å²) in [6.07, 6.45) is 2.44. The van der Waals surface area contributed by atoms with Crippen LogP contribution in [0.5, 0.6) is 0 Å². The number of alkyl carbamates (subject to hydrolysis) is 1. The van der Waals surface area contributed by atoms with Crippen LogP contribution in [-0.2, 0) is 4.74 Å². The Kier molecular flexibility index (Phi) is 10.2. The molecule has 1 heterocycles. The van der Waals surface area contributed by atoms with Crippen molar-refractivity contribution in [3.63, 3.8) is 0 Å². The van der Waals surface area contributed by atoms with Gasteiger partial charge in [0.25, 0.3) is 5.91 Å². The summed E-state index contributed by atoms with van der Waals surface area (Å²) in [5, 5.41) is 12.1. The van der Waals surface area contributed by atoms with E-state index in [0.29, 0.717) is 45.0 Å². The van der Waals surface area contributed by atoms with Crippen molar-refractivity contribution in [3.8, 4) is 0 Å². The summed E-state index contributed by atoms with van der Waals surface area (Å²) < 4.78 is 10.5. The minimum Gasteiger partial charge on any atom is -0.459 e. The maximum absolute atomic E-state index is 12.3. The van der Waals surface area contributed by atoms with Gasteiger partial charge in [0.05, 0.1) is 18.3 Å². The van der Waals surface area contributed by atoms with Crippen molar-refractivity contribution in [3.05, 3.63) is 24.2 Å². The van der Waals surface area contributed by atoms with E-state index in [1.54, 1.807) is 12.1 Å². The summed E-state index contributed by atoms with van der Waals surface area (Å²) in [5.74, 6) is 0.628. The molecule has 0 bridgehead atoms. The number of aliphatic imine (C=N–C) groups is 1. The molecule has 0 fully saturated rings. The molecular weight excluding hydrogens is 386 g/mol. The van der Waals surface area contributed by atoms with Gasteiger partial charge in [-0.15, -0.1) is 0 Å². The lowest BCUT2D eigenvalue weighted by atomic mass is 9.93. The van der Waals surface area contributed by atoms with Crippen LogP contribution in [0.3, 0.4) is 0 Å². The Morgan fingerprint density at radius 1 is 1.07 bits per heavy atom. The molecule has 9 nitrogen and oxygen atoms in total. The lowest BCUT2D eigenvalue weighted by Crippen LogP contribution is -2.52. The molecule has 4 N–H and O–H groups in total. The summed E-state index contributed by atoms with van der Waals surface area (Å²) in [5.41, 5.74) is -1.06. The van der Waals surface area contributed by atoms with Gasteiger partial charge in [0.1, 0.15) is 5.60 Å². The number of carbonyl (C=O) groups excluding carboxylic acids is 2. The minimum absolute atomic E-state index is 0.263. The van der Waals surface area contributed by atoms with Gasteiger partial charge in [-0.3, -0.25) is 9.79 Å². The number of hydrogen-bond acceptors (Lipinski definition) is 5. The number of furan rings is 1. The second kappa shape index (κ2) is 12.1. The fraction of sp³-hybridized carbons (Fsp3) is 0.667.